The number of nitrogens with zero attached hydrogens (tertiary/aromatic N) is 2. The number of para-hydroxylation sites is 1. The first-order valence-electron chi connectivity index (χ1n) is 11.4. The molecule has 2 aromatic carbocycles. The number of benzene rings is 2. The van der Waals surface area contributed by atoms with Gasteiger partial charge in [-0.05, 0) is 67.2 Å². The van der Waals surface area contributed by atoms with E-state index < -0.39 is 0 Å². The standard InChI is InChI=1S/C27H24Cl2N4OS/c28-20-11-6-10-19(24(20)29)22-13-14-23(34-22)26-25(21-12-4-5-15-31-21)32-27(35)33(26)17-7-16-30-18-8-2-1-3-9-18/h1-6,8-15,25-26,30H,7,16-17H2,(H,32,35)/t25-,26+/m0/s1. The molecule has 0 spiro atoms. The molecule has 2 atom stereocenters. The van der Waals surface area contributed by atoms with E-state index in [-0.39, 0.29) is 12.1 Å². The summed E-state index contributed by atoms with van der Waals surface area (Å²) in [6.07, 6.45) is 2.69. The molecule has 0 aliphatic carbocycles. The minimum Gasteiger partial charge on any atom is -0.459 e. The Morgan fingerprint density at radius 3 is 2.60 bits per heavy atom. The summed E-state index contributed by atoms with van der Waals surface area (Å²) < 4.78 is 6.37. The zero-order chi connectivity index (χ0) is 24.2. The second-order valence-corrected chi connectivity index (χ2v) is 9.44. The van der Waals surface area contributed by atoms with Gasteiger partial charge in [0.25, 0.3) is 0 Å². The number of anilines is 1. The van der Waals surface area contributed by atoms with E-state index in [2.05, 4.69) is 32.7 Å². The first-order chi connectivity index (χ1) is 17.1. The van der Waals surface area contributed by atoms with Crippen LogP contribution in [0.25, 0.3) is 11.3 Å². The molecular formula is C27H24Cl2N4OS. The summed E-state index contributed by atoms with van der Waals surface area (Å²) in [6.45, 7) is 1.58. The van der Waals surface area contributed by atoms with Gasteiger partial charge in [-0.2, -0.15) is 0 Å². The van der Waals surface area contributed by atoms with Crippen LogP contribution in [0.4, 0.5) is 5.69 Å². The lowest BCUT2D eigenvalue weighted by Gasteiger charge is -2.26. The van der Waals surface area contributed by atoms with Crippen LogP contribution >= 0.6 is 35.4 Å². The maximum Gasteiger partial charge on any atom is 0.170 e. The van der Waals surface area contributed by atoms with Gasteiger partial charge < -0.3 is 20.0 Å². The summed E-state index contributed by atoms with van der Waals surface area (Å²) in [5.41, 5.74) is 2.77. The lowest BCUT2D eigenvalue weighted by molar-refractivity contribution is 0.274. The molecule has 4 aromatic rings. The van der Waals surface area contributed by atoms with E-state index in [0.717, 1.165) is 42.2 Å². The second-order valence-electron chi connectivity index (χ2n) is 8.27. The summed E-state index contributed by atoms with van der Waals surface area (Å²) in [5.74, 6) is 1.45. The summed E-state index contributed by atoms with van der Waals surface area (Å²) in [4.78, 5) is 6.77. The molecule has 0 bridgehead atoms. The van der Waals surface area contributed by atoms with Gasteiger partial charge in [-0.1, -0.05) is 53.5 Å². The summed E-state index contributed by atoms with van der Waals surface area (Å²) in [6, 6.07) is 25.2. The van der Waals surface area contributed by atoms with E-state index >= 15 is 0 Å². The number of rotatable bonds is 8. The molecule has 3 heterocycles. The van der Waals surface area contributed by atoms with Crippen LogP contribution in [0, 0.1) is 0 Å². The Hall–Kier alpha value is -3.06. The van der Waals surface area contributed by atoms with Gasteiger partial charge in [0.15, 0.2) is 5.11 Å². The molecule has 0 amide bonds. The van der Waals surface area contributed by atoms with Gasteiger partial charge >= 0.3 is 0 Å². The highest BCUT2D eigenvalue weighted by atomic mass is 35.5. The zero-order valence-electron chi connectivity index (χ0n) is 18.8. The number of thiocarbonyl (C=S) groups is 1. The van der Waals surface area contributed by atoms with Gasteiger partial charge in [-0.15, -0.1) is 0 Å². The highest BCUT2D eigenvalue weighted by Gasteiger charge is 2.41. The average Bonchev–Trinajstić information content (AvgIpc) is 3.49. The van der Waals surface area contributed by atoms with Crippen molar-refractivity contribution in [3.05, 3.63) is 107 Å². The third-order valence-corrected chi connectivity index (χ3v) is 7.18. The van der Waals surface area contributed by atoms with Crippen molar-refractivity contribution in [3.63, 3.8) is 0 Å². The van der Waals surface area contributed by atoms with Crippen LogP contribution in [0.3, 0.4) is 0 Å². The quantitative estimate of drug-likeness (QED) is 0.189. The number of aromatic nitrogens is 1. The third kappa shape index (κ3) is 5.15. The fourth-order valence-electron chi connectivity index (χ4n) is 4.34. The Balaban J connectivity index is 1.40. The third-order valence-electron chi connectivity index (χ3n) is 6.01. The van der Waals surface area contributed by atoms with E-state index in [1.54, 1.807) is 12.3 Å². The fraction of sp³-hybridized carbons (Fsp3) is 0.185. The van der Waals surface area contributed by atoms with Gasteiger partial charge in [-0.25, -0.2) is 0 Å². The molecule has 0 unspecified atom stereocenters. The molecule has 1 aliphatic heterocycles. The number of hydrogen-bond donors (Lipinski definition) is 2. The molecule has 5 rings (SSSR count). The van der Waals surface area contributed by atoms with Crippen molar-refractivity contribution in [2.75, 3.05) is 18.4 Å². The predicted octanol–water partition coefficient (Wildman–Crippen LogP) is 7.12. The molecular weight excluding hydrogens is 499 g/mol. The van der Waals surface area contributed by atoms with Crippen molar-refractivity contribution in [2.45, 2.75) is 18.5 Å². The zero-order valence-corrected chi connectivity index (χ0v) is 21.2. The second kappa shape index (κ2) is 10.7. The van der Waals surface area contributed by atoms with Crippen molar-refractivity contribution >= 4 is 46.2 Å². The van der Waals surface area contributed by atoms with Gasteiger partial charge in [0, 0.05) is 30.5 Å². The van der Waals surface area contributed by atoms with Crippen LogP contribution in [0.5, 0.6) is 0 Å². The molecule has 1 fully saturated rings. The number of pyridine rings is 1. The highest BCUT2D eigenvalue weighted by molar-refractivity contribution is 7.80. The fourth-order valence-corrected chi connectivity index (χ4v) is 5.07. The van der Waals surface area contributed by atoms with Crippen LogP contribution in [0.1, 0.15) is 30.0 Å². The molecule has 0 saturated carbocycles. The summed E-state index contributed by atoms with van der Waals surface area (Å²) in [5, 5.41) is 8.58. The molecule has 0 radical (unpaired) electrons. The first-order valence-corrected chi connectivity index (χ1v) is 12.6. The van der Waals surface area contributed by atoms with Crippen molar-refractivity contribution in [2.24, 2.45) is 0 Å². The SMILES string of the molecule is S=C1N[C@@H](c2ccccn2)[C@@H](c2ccc(-c3cccc(Cl)c3Cl)o2)N1CCCNc1ccccc1. The van der Waals surface area contributed by atoms with Crippen molar-refractivity contribution in [3.8, 4) is 11.3 Å². The summed E-state index contributed by atoms with van der Waals surface area (Å²) >= 11 is 18.5. The molecule has 5 nitrogen and oxygen atoms in total. The highest BCUT2D eigenvalue weighted by Crippen LogP contribution is 2.42. The average molecular weight is 523 g/mol. The van der Waals surface area contributed by atoms with E-state index in [1.807, 2.05) is 60.7 Å². The largest absolute Gasteiger partial charge is 0.459 e. The molecule has 8 heteroatoms. The minimum absolute atomic E-state index is 0.139. The summed E-state index contributed by atoms with van der Waals surface area (Å²) in [7, 11) is 0. The van der Waals surface area contributed by atoms with E-state index in [0.29, 0.717) is 20.9 Å². The topological polar surface area (TPSA) is 53.3 Å². The van der Waals surface area contributed by atoms with Gasteiger partial charge in [0.1, 0.15) is 17.6 Å². The Labute approximate surface area is 220 Å². The lowest BCUT2D eigenvalue weighted by Crippen LogP contribution is -2.31. The van der Waals surface area contributed by atoms with Crippen LogP contribution in [0.2, 0.25) is 10.0 Å². The molecule has 35 heavy (non-hydrogen) atoms. The van der Waals surface area contributed by atoms with Crippen molar-refractivity contribution < 1.29 is 4.42 Å². The first kappa shape index (κ1) is 23.7. The van der Waals surface area contributed by atoms with Crippen LogP contribution in [-0.2, 0) is 0 Å². The minimum atomic E-state index is -0.152. The molecule has 178 valence electrons. The molecule has 2 aromatic heterocycles. The maximum absolute atomic E-state index is 6.46. The molecule has 1 saturated heterocycles. The lowest BCUT2D eigenvalue weighted by atomic mass is 10.0. The maximum atomic E-state index is 6.46. The molecule has 1 aliphatic rings. The van der Waals surface area contributed by atoms with Gasteiger partial charge in [0.05, 0.1) is 21.8 Å². The van der Waals surface area contributed by atoms with E-state index in [4.69, 9.17) is 39.8 Å². The Bertz CT molecular complexity index is 1300. The van der Waals surface area contributed by atoms with Gasteiger partial charge in [0.2, 0.25) is 0 Å². The smallest absolute Gasteiger partial charge is 0.170 e. The van der Waals surface area contributed by atoms with Crippen molar-refractivity contribution in [1.29, 1.82) is 0 Å². The number of nitrogens with one attached hydrogen (secondary N) is 2. The monoisotopic (exact) mass is 522 g/mol. The van der Waals surface area contributed by atoms with E-state index in [9.17, 15) is 0 Å². The van der Waals surface area contributed by atoms with Crippen molar-refractivity contribution in [1.82, 2.24) is 15.2 Å². The number of furan rings is 1. The number of hydrogen-bond acceptors (Lipinski definition) is 4. The van der Waals surface area contributed by atoms with Gasteiger partial charge in [-0.3, -0.25) is 4.98 Å². The Morgan fingerprint density at radius 2 is 1.80 bits per heavy atom. The van der Waals surface area contributed by atoms with Crippen LogP contribution < -0.4 is 10.6 Å². The van der Waals surface area contributed by atoms with Crippen LogP contribution in [-0.4, -0.2) is 28.1 Å². The predicted molar refractivity (Wildman–Crippen MR) is 146 cm³/mol. The molecule has 2 N–H and O–H groups in total. The Morgan fingerprint density at radius 1 is 0.971 bits per heavy atom. The van der Waals surface area contributed by atoms with Crippen LogP contribution in [0.15, 0.2) is 89.5 Å². The normalized spacial score (nSPS) is 17.4. The Kier molecular flexibility index (Phi) is 7.23. The van der Waals surface area contributed by atoms with E-state index in [1.165, 1.54) is 0 Å². The number of halogens is 2.